The van der Waals surface area contributed by atoms with Gasteiger partial charge in [0.05, 0.1) is 6.10 Å². The third-order valence-electron chi connectivity index (χ3n) is 3.12. The zero-order valence-electron chi connectivity index (χ0n) is 10.6. The first kappa shape index (κ1) is 13.3. The van der Waals surface area contributed by atoms with Crippen LogP contribution in [0.4, 0.5) is 4.39 Å². The van der Waals surface area contributed by atoms with E-state index in [2.05, 4.69) is 15.9 Å². The van der Waals surface area contributed by atoms with Crippen molar-refractivity contribution < 1.29 is 13.9 Å². The number of halogens is 2. The van der Waals surface area contributed by atoms with Crippen molar-refractivity contribution in [1.82, 2.24) is 0 Å². The van der Waals surface area contributed by atoms with Gasteiger partial charge in [-0.1, -0.05) is 0 Å². The van der Waals surface area contributed by atoms with Gasteiger partial charge in [-0.25, -0.2) is 4.39 Å². The average Bonchev–Trinajstić information content (AvgIpc) is 3.23. The summed E-state index contributed by atoms with van der Waals surface area (Å²) in [5.41, 5.74) is 1.00. The summed E-state index contributed by atoms with van der Waals surface area (Å²) in [7, 11) is 0. The molecule has 0 spiro atoms. The van der Waals surface area contributed by atoms with Gasteiger partial charge < -0.3 is 4.74 Å². The van der Waals surface area contributed by atoms with Crippen molar-refractivity contribution in [1.29, 1.82) is 0 Å². The Hall–Kier alpha value is -1.68. The van der Waals surface area contributed by atoms with Crippen LogP contribution in [0.15, 0.2) is 46.9 Å². The molecule has 2 aromatic carbocycles. The van der Waals surface area contributed by atoms with Gasteiger partial charge in [0.2, 0.25) is 0 Å². The van der Waals surface area contributed by atoms with E-state index in [0.717, 1.165) is 18.6 Å². The summed E-state index contributed by atoms with van der Waals surface area (Å²) in [5.74, 6) is 0.263. The monoisotopic (exact) mass is 334 g/mol. The normalized spacial score (nSPS) is 14.1. The Bertz CT molecular complexity index is 648. The lowest BCUT2D eigenvalue weighted by Crippen LogP contribution is -2.03. The van der Waals surface area contributed by atoms with Gasteiger partial charge in [0, 0.05) is 15.6 Å². The minimum absolute atomic E-state index is 0.144. The first-order valence-electron chi connectivity index (χ1n) is 6.40. The third kappa shape index (κ3) is 2.90. The standard InChI is InChI=1S/C16H12BrFO2/c17-15-9-11(18)3-8-14(15)16(19)10-1-4-12(5-2-10)20-13-6-7-13/h1-5,8-9,13H,6-7H2. The molecule has 0 N–H and O–H groups in total. The molecule has 20 heavy (non-hydrogen) atoms. The van der Waals surface area contributed by atoms with Crippen molar-refractivity contribution in [2.75, 3.05) is 0 Å². The van der Waals surface area contributed by atoms with E-state index >= 15 is 0 Å². The molecule has 4 heteroatoms. The van der Waals surface area contributed by atoms with Crippen molar-refractivity contribution in [2.45, 2.75) is 18.9 Å². The number of carbonyl (C=O) groups is 1. The third-order valence-corrected chi connectivity index (χ3v) is 3.78. The molecular weight excluding hydrogens is 323 g/mol. The fraction of sp³-hybridized carbons (Fsp3) is 0.188. The molecule has 0 bridgehead atoms. The Labute approximate surface area is 124 Å². The average molecular weight is 335 g/mol. The SMILES string of the molecule is O=C(c1ccc(OC2CC2)cc1)c1ccc(F)cc1Br. The summed E-state index contributed by atoms with van der Waals surface area (Å²) in [6.45, 7) is 0. The van der Waals surface area contributed by atoms with Gasteiger partial charge in [0.25, 0.3) is 0 Å². The van der Waals surface area contributed by atoms with Crippen molar-refractivity contribution in [3.63, 3.8) is 0 Å². The maximum atomic E-state index is 13.0. The minimum atomic E-state index is -0.374. The molecular formula is C16H12BrFO2. The van der Waals surface area contributed by atoms with E-state index in [1.165, 1.54) is 18.2 Å². The molecule has 102 valence electrons. The highest BCUT2D eigenvalue weighted by molar-refractivity contribution is 9.10. The summed E-state index contributed by atoms with van der Waals surface area (Å²) in [6, 6.07) is 11.1. The minimum Gasteiger partial charge on any atom is -0.490 e. The lowest BCUT2D eigenvalue weighted by molar-refractivity contribution is 0.103. The Balaban J connectivity index is 1.82. The van der Waals surface area contributed by atoms with E-state index in [9.17, 15) is 9.18 Å². The highest BCUT2D eigenvalue weighted by atomic mass is 79.9. The van der Waals surface area contributed by atoms with E-state index in [-0.39, 0.29) is 11.6 Å². The predicted molar refractivity (Wildman–Crippen MR) is 77.6 cm³/mol. The number of hydrogen-bond acceptors (Lipinski definition) is 2. The highest BCUT2D eigenvalue weighted by Crippen LogP contribution is 2.27. The second-order valence-electron chi connectivity index (χ2n) is 4.79. The van der Waals surface area contributed by atoms with Crippen LogP contribution in [0.2, 0.25) is 0 Å². The van der Waals surface area contributed by atoms with E-state index in [1.807, 2.05) is 0 Å². The zero-order valence-corrected chi connectivity index (χ0v) is 12.2. The lowest BCUT2D eigenvalue weighted by atomic mass is 10.0. The highest BCUT2D eigenvalue weighted by Gasteiger charge is 2.23. The largest absolute Gasteiger partial charge is 0.490 e. The van der Waals surface area contributed by atoms with Gasteiger partial charge in [-0.05, 0) is 71.2 Å². The first-order chi connectivity index (χ1) is 9.63. The Kier molecular flexibility index (Phi) is 3.57. The van der Waals surface area contributed by atoms with Crippen molar-refractivity contribution in [2.24, 2.45) is 0 Å². The Morgan fingerprint density at radius 1 is 1.15 bits per heavy atom. The van der Waals surface area contributed by atoms with Crippen LogP contribution in [0.5, 0.6) is 5.75 Å². The molecule has 0 unspecified atom stereocenters. The quantitative estimate of drug-likeness (QED) is 0.776. The number of ether oxygens (including phenoxy) is 1. The lowest BCUT2D eigenvalue weighted by Gasteiger charge is -2.07. The van der Waals surface area contributed by atoms with Gasteiger partial charge in [-0.15, -0.1) is 0 Å². The molecule has 1 aliphatic carbocycles. The smallest absolute Gasteiger partial charge is 0.194 e. The van der Waals surface area contributed by atoms with Crippen LogP contribution in [0.1, 0.15) is 28.8 Å². The molecule has 0 amide bonds. The molecule has 0 aromatic heterocycles. The molecule has 0 heterocycles. The summed E-state index contributed by atoms with van der Waals surface area (Å²) in [5, 5.41) is 0. The molecule has 2 nitrogen and oxygen atoms in total. The van der Waals surface area contributed by atoms with Crippen molar-refractivity contribution in [3.8, 4) is 5.75 Å². The number of carbonyl (C=O) groups excluding carboxylic acids is 1. The van der Waals surface area contributed by atoms with Crippen LogP contribution in [-0.2, 0) is 0 Å². The maximum absolute atomic E-state index is 13.0. The topological polar surface area (TPSA) is 26.3 Å². The number of hydrogen-bond donors (Lipinski definition) is 0. The van der Waals surface area contributed by atoms with E-state index < -0.39 is 0 Å². The van der Waals surface area contributed by atoms with Gasteiger partial charge in [0.1, 0.15) is 11.6 Å². The van der Waals surface area contributed by atoms with Gasteiger partial charge in [-0.2, -0.15) is 0 Å². The molecule has 3 rings (SSSR count). The molecule has 2 aromatic rings. The molecule has 0 atom stereocenters. The van der Waals surface area contributed by atoms with Crippen LogP contribution in [0, 0.1) is 5.82 Å². The molecule has 0 aliphatic heterocycles. The summed E-state index contributed by atoms with van der Waals surface area (Å²) < 4.78 is 19.1. The van der Waals surface area contributed by atoms with E-state index in [4.69, 9.17) is 4.74 Å². The number of benzene rings is 2. The molecule has 0 saturated heterocycles. The van der Waals surface area contributed by atoms with Crippen LogP contribution in [0.25, 0.3) is 0 Å². The second-order valence-corrected chi connectivity index (χ2v) is 5.65. The Morgan fingerprint density at radius 3 is 2.45 bits per heavy atom. The van der Waals surface area contributed by atoms with Gasteiger partial charge >= 0.3 is 0 Å². The predicted octanol–water partition coefficient (Wildman–Crippen LogP) is 4.36. The second kappa shape index (κ2) is 5.37. The van der Waals surface area contributed by atoms with E-state index in [0.29, 0.717) is 21.7 Å². The molecule has 0 radical (unpaired) electrons. The maximum Gasteiger partial charge on any atom is 0.194 e. The Morgan fingerprint density at radius 2 is 1.85 bits per heavy atom. The van der Waals surface area contributed by atoms with Crippen molar-refractivity contribution in [3.05, 3.63) is 63.9 Å². The van der Waals surface area contributed by atoms with E-state index in [1.54, 1.807) is 24.3 Å². The zero-order chi connectivity index (χ0) is 14.1. The van der Waals surface area contributed by atoms with Crippen LogP contribution >= 0.6 is 15.9 Å². The first-order valence-corrected chi connectivity index (χ1v) is 7.19. The fourth-order valence-corrected chi connectivity index (χ4v) is 2.42. The number of ketones is 1. The number of rotatable bonds is 4. The van der Waals surface area contributed by atoms with Crippen molar-refractivity contribution >= 4 is 21.7 Å². The van der Waals surface area contributed by atoms with Gasteiger partial charge in [-0.3, -0.25) is 4.79 Å². The summed E-state index contributed by atoms with van der Waals surface area (Å²) in [4.78, 5) is 12.3. The summed E-state index contributed by atoms with van der Waals surface area (Å²) in [6.07, 6.45) is 2.54. The molecule has 1 aliphatic rings. The summed E-state index contributed by atoms with van der Waals surface area (Å²) >= 11 is 3.21. The molecule has 1 saturated carbocycles. The molecule has 1 fully saturated rings. The van der Waals surface area contributed by atoms with Gasteiger partial charge in [0.15, 0.2) is 5.78 Å². The van der Waals surface area contributed by atoms with Crippen LogP contribution in [-0.4, -0.2) is 11.9 Å². The van der Waals surface area contributed by atoms with Crippen LogP contribution in [0.3, 0.4) is 0 Å². The fourth-order valence-electron chi connectivity index (χ4n) is 1.89. The van der Waals surface area contributed by atoms with Crippen LogP contribution < -0.4 is 4.74 Å².